The second kappa shape index (κ2) is 19.9. The maximum Gasteiger partial charge on any atom is 0.243 e. The summed E-state index contributed by atoms with van der Waals surface area (Å²) in [5, 5.41) is 2.97. The van der Waals surface area contributed by atoms with Crippen LogP contribution in [0.5, 0.6) is 5.75 Å². The molecule has 2 heterocycles. The van der Waals surface area contributed by atoms with Gasteiger partial charge in [0, 0.05) is 64.8 Å². The van der Waals surface area contributed by atoms with E-state index in [9.17, 15) is 13.2 Å². The van der Waals surface area contributed by atoms with E-state index in [0.29, 0.717) is 58.4 Å². The summed E-state index contributed by atoms with van der Waals surface area (Å²) >= 11 is 0. The quantitative estimate of drug-likeness (QED) is 0.145. The van der Waals surface area contributed by atoms with Gasteiger partial charge in [-0.1, -0.05) is 55.0 Å². The summed E-state index contributed by atoms with van der Waals surface area (Å²) in [5.41, 5.74) is 5.13. The Hall–Kier alpha value is -3.52. The molecule has 5 atom stereocenters. The summed E-state index contributed by atoms with van der Waals surface area (Å²) in [6, 6.07) is 20.9. The highest BCUT2D eigenvalue weighted by Gasteiger charge is 2.43. The van der Waals surface area contributed by atoms with Crippen molar-refractivity contribution in [1.82, 2.24) is 9.62 Å². The van der Waals surface area contributed by atoms with Crippen molar-refractivity contribution in [1.29, 1.82) is 0 Å². The molecular weight excluding hydrogens is 707 g/mol. The third kappa shape index (κ3) is 11.3. The maximum atomic E-state index is 14.4. The van der Waals surface area contributed by atoms with Gasteiger partial charge in [-0.15, -0.1) is 0 Å². The zero-order valence-corrected chi connectivity index (χ0v) is 33.6. The van der Waals surface area contributed by atoms with Gasteiger partial charge in [0.25, 0.3) is 0 Å². The molecule has 54 heavy (non-hydrogen) atoms. The number of aryl methyl sites for hydroxylation is 1. The highest BCUT2D eigenvalue weighted by Crippen LogP contribution is 2.39. The summed E-state index contributed by atoms with van der Waals surface area (Å²) in [7, 11) is -0.488. The number of sulfonamides is 1. The number of carbonyl (C=O) groups excluding carboxylic acids is 1. The van der Waals surface area contributed by atoms with Crippen LogP contribution in [0, 0.1) is 12.8 Å². The lowest BCUT2D eigenvalue weighted by atomic mass is 9.82. The lowest BCUT2D eigenvalue weighted by molar-refractivity contribution is -0.119. The monoisotopic (exact) mass is 765 g/mol. The van der Waals surface area contributed by atoms with Crippen molar-refractivity contribution < 1.29 is 36.9 Å². The Bertz CT molecular complexity index is 1740. The molecule has 1 amide bonds. The van der Waals surface area contributed by atoms with E-state index >= 15 is 0 Å². The zero-order valence-electron chi connectivity index (χ0n) is 32.8. The summed E-state index contributed by atoms with van der Waals surface area (Å²) < 4.78 is 59.8. The number of nitrogens with one attached hydrogen (secondary N) is 1. The number of amides is 1. The van der Waals surface area contributed by atoms with E-state index in [1.807, 2.05) is 38.1 Å². The van der Waals surface area contributed by atoms with E-state index < -0.39 is 16.1 Å². The van der Waals surface area contributed by atoms with Crippen molar-refractivity contribution in [3.05, 3.63) is 89.0 Å². The number of anilines is 1. The average Bonchev–Trinajstić information content (AvgIpc) is 3.14. The fourth-order valence-electron chi connectivity index (χ4n) is 7.52. The fourth-order valence-corrected chi connectivity index (χ4v) is 9.18. The van der Waals surface area contributed by atoms with Gasteiger partial charge in [-0.3, -0.25) is 4.79 Å². The first-order valence-electron chi connectivity index (χ1n) is 19.1. The maximum absolute atomic E-state index is 14.4. The predicted molar refractivity (Wildman–Crippen MR) is 210 cm³/mol. The van der Waals surface area contributed by atoms with Crippen molar-refractivity contribution in [3.63, 3.8) is 0 Å². The predicted octanol–water partition coefficient (Wildman–Crippen LogP) is 6.08. The smallest absolute Gasteiger partial charge is 0.243 e. The Morgan fingerprint density at radius 1 is 0.963 bits per heavy atom. The second-order valence-corrected chi connectivity index (χ2v) is 16.8. The van der Waals surface area contributed by atoms with Gasteiger partial charge in [-0.05, 0) is 74.1 Å². The molecule has 0 aromatic heterocycles. The normalized spacial score (nSPS) is 20.2. The molecule has 12 heteroatoms. The van der Waals surface area contributed by atoms with Gasteiger partial charge in [-0.25, -0.2) is 8.42 Å². The molecule has 0 bridgehead atoms. The van der Waals surface area contributed by atoms with E-state index in [4.69, 9.17) is 23.7 Å². The molecule has 11 nitrogen and oxygen atoms in total. The molecule has 296 valence electrons. The van der Waals surface area contributed by atoms with Crippen molar-refractivity contribution in [2.24, 2.45) is 5.92 Å². The van der Waals surface area contributed by atoms with Crippen LogP contribution in [0.25, 0.3) is 0 Å². The number of piperidine rings is 1. The third-order valence-electron chi connectivity index (χ3n) is 10.2. The molecule has 2 aliphatic rings. The number of carbonyl (C=O) groups is 1. The first-order valence-corrected chi connectivity index (χ1v) is 20.5. The molecule has 3 aromatic rings. The standard InChI is InChI=1S/C42H59N3O8S/c1-30-8-15-38(16-9-30)54(47,48)45-25-42(53-29-35-12-17-41-40(23-35)44(19-21-52-41)18-7-20-49-5)39(24-37(45)22-32(3)43-33(4)46)36-13-10-34(11-14-36)28-51-27-31(2)26-50-6/h8-17,23,31-32,37,39,42H,7,18-22,24-29H2,1-6H3,(H,43,46)/t31?,32-,37-,39-,42+/m1/s1. The van der Waals surface area contributed by atoms with E-state index in [1.165, 1.54) is 6.92 Å². The van der Waals surface area contributed by atoms with Crippen LogP contribution in [-0.2, 0) is 47.0 Å². The molecule has 3 aromatic carbocycles. The van der Waals surface area contributed by atoms with E-state index in [2.05, 4.69) is 47.5 Å². The molecule has 1 saturated heterocycles. The van der Waals surface area contributed by atoms with Crippen LogP contribution in [0.3, 0.4) is 0 Å². The van der Waals surface area contributed by atoms with E-state index in [0.717, 1.165) is 53.2 Å². The molecule has 0 saturated carbocycles. The summed E-state index contributed by atoms with van der Waals surface area (Å²) in [6.45, 7) is 12.6. The first kappa shape index (κ1) is 41.6. The molecule has 1 fully saturated rings. The Kier molecular flexibility index (Phi) is 15.3. The van der Waals surface area contributed by atoms with Crippen molar-refractivity contribution >= 4 is 21.6 Å². The molecule has 1 N–H and O–H groups in total. The zero-order chi connectivity index (χ0) is 38.7. The molecule has 0 spiro atoms. The molecular formula is C42H59N3O8S. The molecule has 0 radical (unpaired) electrons. The minimum absolute atomic E-state index is 0.104. The number of nitrogens with zero attached hydrogens (tertiary/aromatic N) is 2. The van der Waals surface area contributed by atoms with Crippen molar-refractivity contribution in [2.75, 3.05) is 65.2 Å². The fraction of sp³-hybridized carbons (Fsp3) is 0.548. The lowest BCUT2D eigenvalue weighted by Gasteiger charge is -2.44. The van der Waals surface area contributed by atoms with Crippen LogP contribution in [-0.4, -0.2) is 97.1 Å². The molecule has 5 rings (SSSR count). The van der Waals surface area contributed by atoms with E-state index in [1.54, 1.807) is 30.7 Å². The van der Waals surface area contributed by atoms with Gasteiger partial charge in [0.2, 0.25) is 15.9 Å². The third-order valence-corrected chi connectivity index (χ3v) is 12.1. The highest BCUT2D eigenvalue weighted by molar-refractivity contribution is 7.89. The highest BCUT2D eigenvalue weighted by atomic mass is 32.2. The van der Waals surface area contributed by atoms with Crippen LogP contribution in [0.4, 0.5) is 5.69 Å². The summed E-state index contributed by atoms with van der Waals surface area (Å²) in [6.07, 6.45) is 1.45. The van der Waals surface area contributed by atoms with Gasteiger partial charge in [0.05, 0.1) is 49.7 Å². The van der Waals surface area contributed by atoms with Crippen LogP contribution in [0.2, 0.25) is 0 Å². The molecule has 1 unspecified atom stereocenters. The molecule has 0 aliphatic carbocycles. The van der Waals surface area contributed by atoms with Crippen LogP contribution < -0.4 is 15.0 Å². The number of benzene rings is 3. The largest absolute Gasteiger partial charge is 0.490 e. The van der Waals surface area contributed by atoms with Gasteiger partial charge in [-0.2, -0.15) is 4.31 Å². The van der Waals surface area contributed by atoms with Crippen molar-refractivity contribution in [3.8, 4) is 5.75 Å². The topological polar surface area (TPSA) is 116 Å². The Balaban J connectivity index is 1.43. The van der Waals surface area contributed by atoms with Crippen LogP contribution in [0.1, 0.15) is 68.2 Å². The van der Waals surface area contributed by atoms with Crippen LogP contribution in [0.15, 0.2) is 71.6 Å². The number of ether oxygens (including phenoxy) is 5. The van der Waals surface area contributed by atoms with Gasteiger partial charge in [0.15, 0.2) is 0 Å². The number of methoxy groups -OCH3 is 2. The van der Waals surface area contributed by atoms with Gasteiger partial charge >= 0.3 is 0 Å². The Labute approximate surface area is 322 Å². The van der Waals surface area contributed by atoms with E-state index in [-0.39, 0.29) is 35.3 Å². The molecule has 2 aliphatic heterocycles. The minimum atomic E-state index is -3.90. The number of hydrogen-bond acceptors (Lipinski definition) is 9. The summed E-state index contributed by atoms with van der Waals surface area (Å²) in [5.74, 6) is 0.895. The number of hydrogen-bond donors (Lipinski definition) is 1. The van der Waals surface area contributed by atoms with Gasteiger partial charge in [0.1, 0.15) is 12.4 Å². The first-order chi connectivity index (χ1) is 26.0. The van der Waals surface area contributed by atoms with Gasteiger partial charge < -0.3 is 33.9 Å². The SMILES string of the molecule is COCCCN1CCOc2ccc(CO[C@H]3CN(S(=O)(=O)c4ccc(C)cc4)[C@H](C[C@@H](C)NC(C)=O)C[C@@H]3c3ccc(COCC(C)COC)cc3)cc21. The minimum Gasteiger partial charge on any atom is -0.490 e. The Morgan fingerprint density at radius 2 is 1.70 bits per heavy atom. The number of fused-ring (bicyclic) bond motifs is 1. The second-order valence-electron chi connectivity index (χ2n) is 14.9. The summed E-state index contributed by atoms with van der Waals surface area (Å²) in [4.78, 5) is 14.6. The Morgan fingerprint density at radius 3 is 2.41 bits per heavy atom. The lowest BCUT2D eigenvalue weighted by Crippen LogP contribution is -2.54. The van der Waals surface area contributed by atoms with Crippen molar-refractivity contribution in [2.45, 2.75) is 89.2 Å². The number of rotatable bonds is 19. The van der Waals surface area contributed by atoms with Crippen LogP contribution >= 0.6 is 0 Å². The average molecular weight is 766 g/mol.